The molecule has 1 aromatic rings. The third-order valence-electron chi connectivity index (χ3n) is 3.90. The number of unbranched alkanes of at least 4 members (excludes halogenated alkanes) is 1. The largest absolute Gasteiger partial charge is 0.444 e. The molecule has 1 fully saturated rings. The zero-order valence-corrected chi connectivity index (χ0v) is 14.8. The number of hydrogen-bond donors (Lipinski definition) is 1. The van der Waals surface area contributed by atoms with Crippen LogP contribution in [0.25, 0.3) is 0 Å². The first kappa shape index (κ1) is 17.6. The van der Waals surface area contributed by atoms with Gasteiger partial charge in [0.15, 0.2) is 0 Å². The summed E-state index contributed by atoms with van der Waals surface area (Å²) in [4.78, 5) is 18.8. The molecule has 0 aliphatic carbocycles. The number of likely N-dealkylation sites (tertiary alicyclic amines) is 1. The van der Waals surface area contributed by atoms with Crippen molar-refractivity contribution < 1.29 is 9.53 Å². The van der Waals surface area contributed by atoms with Crippen LogP contribution in [0.4, 0.5) is 10.6 Å². The molecular weight excluding hydrogens is 290 g/mol. The Morgan fingerprint density at radius 1 is 1.48 bits per heavy atom. The van der Waals surface area contributed by atoms with E-state index >= 15 is 0 Å². The summed E-state index contributed by atoms with van der Waals surface area (Å²) in [5, 5.41) is 3.41. The van der Waals surface area contributed by atoms with Crippen LogP contribution in [0.2, 0.25) is 0 Å². The second-order valence-electron chi connectivity index (χ2n) is 7.05. The normalized spacial score (nSPS) is 18.1. The second kappa shape index (κ2) is 7.66. The minimum atomic E-state index is -0.471. The Morgan fingerprint density at radius 3 is 2.96 bits per heavy atom. The lowest BCUT2D eigenvalue weighted by Crippen LogP contribution is -2.36. The molecule has 5 nitrogen and oxygen atoms in total. The molecule has 5 heteroatoms. The number of rotatable bonds is 5. The fraction of sp³-hybridized carbons (Fsp3) is 0.667. The van der Waals surface area contributed by atoms with Gasteiger partial charge in [0.1, 0.15) is 11.4 Å². The van der Waals surface area contributed by atoms with Gasteiger partial charge in [-0.15, -0.1) is 0 Å². The lowest BCUT2D eigenvalue weighted by molar-refractivity contribution is 0.0225. The molecule has 0 unspecified atom stereocenters. The Bertz CT molecular complexity index is 525. The summed E-state index contributed by atoms with van der Waals surface area (Å²) in [5.41, 5.74) is 0.619. The van der Waals surface area contributed by atoms with E-state index in [-0.39, 0.29) is 12.1 Å². The number of amides is 1. The summed E-state index contributed by atoms with van der Waals surface area (Å²) in [5.74, 6) is 0.890. The number of carbonyl (C=O) groups is 1. The summed E-state index contributed by atoms with van der Waals surface area (Å²) < 4.78 is 5.56. The predicted octanol–water partition coefficient (Wildman–Crippen LogP) is 4.37. The fourth-order valence-corrected chi connectivity index (χ4v) is 2.85. The fourth-order valence-electron chi connectivity index (χ4n) is 2.85. The molecule has 0 aromatic carbocycles. The first-order valence-electron chi connectivity index (χ1n) is 8.61. The van der Waals surface area contributed by atoms with Crippen molar-refractivity contribution in [3.63, 3.8) is 0 Å². The van der Waals surface area contributed by atoms with E-state index in [0.717, 1.165) is 50.2 Å². The molecule has 1 saturated heterocycles. The van der Waals surface area contributed by atoms with Crippen LogP contribution in [0.5, 0.6) is 0 Å². The summed E-state index contributed by atoms with van der Waals surface area (Å²) in [6, 6.07) is 4.04. The first-order valence-corrected chi connectivity index (χ1v) is 8.61. The number of aromatic nitrogens is 1. The molecule has 1 amide bonds. The minimum absolute atomic E-state index is 0.0441. The Balaban J connectivity index is 2.14. The van der Waals surface area contributed by atoms with Gasteiger partial charge >= 0.3 is 6.09 Å². The molecule has 0 spiro atoms. The van der Waals surface area contributed by atoms with E-state index in [4.69, 9.17) is 4.74 Å². The molecule has 1 aliphatic rings. The lowest BCUT2D eigenvalue weighted by Gasteiger charge is -2.29. The summed E-state index contributed by atoms with van der Waals surface area (Å²) in [6.45, 7) is 9.51. The molecule has 2 rings (SSSR count). The van der Waals surface area contributed by atoms with Crippen LogP contribution >= 0.6 is 0 Å². The zero-order chi connectivity index (χ0) is 16.9. The molecule has 1 atom stereocenters. The number of ether oxygens (including phenoxy) is 1. The van der Waals surface area contributed by atoms with E-state index in [1.54, 1.807) is 6.20 Å². The molecule has 1 aromatic heterocycles. The predicted molar refractivity (Wildman–Crippen MR) is 92.5 cm³/mol. The highest BCUT2D eigenvalue weighted by molar-refractivity contribution is 5.70. The quantitative estimate of drug-likeness (QED) is 0.819. The van der Waals surface area contributed by atoms with Crippen LogP contribution < -0.4 is 5.32 Å². The average Bonchev–Trinajstić information content (AvgIpc) is 2.96. The number of nitrogens with one attached hydrogen (secondary N) is 1. The van der Waals surface area contributed by atoms with Crippen molar-refractivity contribution in [3.05, 3.63) is 23.9 Å². The van der Waals surface area contributed by atoms with Gasteiger partial charge in [0, 0.05) is 24.8 Å². The highest BCUT2D eigenvalue weighted by Crippen LogP contribution is 2.36. The van der Waals surface area contributed by atoms with Crippen molar-refractivity contribution in [2.75, 3.05) is 18.4 Å². The maximum atomic E-state index is 12.5. The van der Waals surface area contributed by atoms with Crippen LogP contribution in [0.15, 0.2) is 18.3 Å². The van der Waals surface area contributed by atoms with Crippen LogP contribution in [-0.4, -0.2) is 34.7 Å². The molecule has 0 bridgehead atoms. The van der Waals surface area contributed by atoms with Crippen molar-refractivity contribution in [2.24, 2.45) is 0 Å². The molecule has 1 N–H and O–H groups in total. The van der Waals surface area contributed by atoms with Crippen LogP contribution in [-0.2, 0) is 4.74 Å². The lowest BCUT2D eigenvalue weighted by atomic mass is 10.1. The first-order chi connectivity index (χ1) is 10.9. The molecule has 2 heterocycles. The Morgan fingerprint density at radius 2 is 2.26 bits per heavy atom. The van der Waals surface area contributed by atoms with Crippen molar-refractivity contribution in [3.8, 4) is 0 Å². The maximum absolute atomic E-state index is 12.5. The van der Waals surface area contributed by atoms with Gasteiger partial charge in [-0.2, -0.15) is 0 Å². The monoisotopic (exact) mass is 319 g/mol. The van der Waals surface area contributed by atoms with Crippen molar-refractivity contribution in [1.82, 2.24) is 9.88 Å². The van der Waals surface area contributed by atoms with Gasteiger partial charge < -0.3 is 15.0 Å². The summed E-state index contributed by atoms with van der Waals surface area (Å²) >= 11 is 0. The molecule has 0 radical (unpaired) electrons. The summed E-state index contributed by atoms with van der Waals surface area (Å²) in [7, 11) is 0. The molecular formula is C18H29N3O2. The topological polar surface area (TPSA) is 54.5 Å². The number of nitrogens with zero attached hydrogens (tertiary/aromatic N) is 2. The molecule has 128 valence electrons. The SMILES string of the molecule is CCCCNc1ncccc1[C@H]1CCCN1C(=O)OC(C)(C)C. The van der Waals surface area contributed by atoms with Crippen LogP contribution in [0, 0.1) is 0 Å². The second-order valence-corrected chi connectivity index (χ2v) is 7.05. The highest BCUT2D eigenvalue weighted by Gasteiger charge is 2.34. The van der Waals surface area contributed by atoms with E-state index in [1.165, 1.54) is 0 Å². The van der Waals surface area contributed by atoms with Crippen molar-refractivity contribution >= 4 is 11.9 Å². The third kappa shape index (κ3) is 4.85. The standard InChI is InChI=1S/C18H29N3O2/c1-5-6-11-19-16-14(9-7-12-20-16)15-10-8-13-21(15)17(22)23-18(2,3)4/h7,9,12,15H,5-6,8,10-11,13H2,1-4H3,(H,19,20)/t15-/m1/s1. The van der Waals surface area contributed by atoms with Gasteiger partial charge in [0.05, 0.1) is 6.04 Å². The van der Waals surface area contributed by atoms with Gasteiger partial charge in [-0.3, -0.25) is 0 Å². The van der Waals surface area contributed by atoms with Gasteiger partial charge in [0.25, 0.3) is 0 Å². The van der Waals surface area contributed by atoms with Crippen LogP contribution in [0.1, 0.15) is 65.0 Å². The Kier molecular flexibility index (Phi) is 5.85. The van der Waals surface area contributed by atoms with Crippen LogP contribution in [0.3, 0.4) is 0 Å². The smallest absolute Gasteiger partial charge is 0.410 e. The van der Waals surface area contributed by atoms with E-state index in [9.17, 15) is 4.79 Å². The zero-order valence-electron chi connectivity index (χ0n) is 14.8. The molecule has 0 saturated carbocycles. The number of anilines is 1. The van der Waals surface area contributed by atoms with Gasteiger partial charge in [0.2, 0.25) is 0 Å². The van der Waals surface area contributed by atoms with Crippen molar-refractivity contribution in [2.45, 2.75) is 65.0 Å². The van der Waals surface area contributed by atoms with Gasteiger partial charge in [-0.25, -0.2) is 9.78 Å². The van der Waals surface area contributed by atoms with E-state index in [1.807, 2.05) is 31.7 Å². The van der Waals surface area contributed by atoms with E-state index < -0.39 is 5.60 Å². The minimum Gasteiger partial charge on any atom is -0.444 e. The average molecular weight is 319 g/mol. The summed E-state index contributed by atoms with van der Waals surface area (Å²) in [6.07, 6.45) is 5.76. The molecule has 1 aliphatic heterocycles. The third-order valence-corrected chi connectivity index (χ3v) is 3.90. The highest BCUT2D eigenvalue weighted by atomic mass is 16.6. The van der Waals surface area contributed by atoms with Crippen molar-refractivity contribution in [1.29, 1.82) is 0 Å². The maximum Gasteiger partial charge on any atom is 0.410 e. The van der Waals surface area contributed by atoms with Gasteiger partial charge in [-0.1, -0.05) is 19.4 Å². The molecule has 23 heavy (non-hydrogen) atoms. The number of hydrogen-bond acceptors (Lipinski definition) is 4. The number of carbonyl (C=O) groups excluding carboxylic acids is 1. The Labute approximate surface area is 139 Å². The van der Waals surface area contributed by atoms with E-state index in [2.05, 4.69) is 23.3 Å². The number of pyridine rings is 1. The van der Waals surface area contributed by atoms with Gasteiger partial charge in [-0.05, 0) is 46.1 Å². The Hall–Kier alpha value is -1.78. The van der Waals surface area contributed by atoms with E-state index in [0.29, 0.717) is 0 Å².